The molecule has 0 bridgehead atoms. The maximum Gasteiger partial charge on any atom is 0.323 e. The van der Waals surface area contributed by atoms with Gasteiger partial charge in [-0.2, -0.15) is 0 Å². The molecule has 106 valence electrons. The molecule has 0 rings (SSSR count). The largest absolute Gasteiger partial charge is 0.480 e. The number of urea groups is 1. The topological polar surface area (TPSA) is 69.6 Å². The normalized spacial score (nSPS) is 12.6. The molecular formula is C13H26N2O3. The van der Waals surface area contributed by atoms with Gasteiger partial charge in [0.25, 0.3) is 0 Å². The Bertz CT molecular complexity index is 275. The highest BCUT2D eigenvalue weighted by Gasteiger charge is 2.23. The molecule has 2 N–H and O–H groups in total. The Morgan fingerprint density at radius 1 is 1.17 bits per heavy atom. The van der Waals surface area contributed by atoms with Crippen LogP contribution in [0.1, 0.15) is 47.5 Å². The first kappa shape index (κ1) is 16.7. The fourth-order valence-electron chi connectivity index (χ4n) is 2.03. The van der Waals surface area contributed by atoms with Crippen molar-refractivity contribution >= 4 is 12.0 Å². The first-order chi connectivity index (χ1) is 8.33. The first-order valence-corrected chi connectivity index (χ1v) is 6.62. The Kier molecular flexibility index (Phi) is 7.39. The molecule has 0 aliphatic heterocycles. The average molecular weight is 258 g/mol. The van der Waals surface area contributed by atoms with Gasteiger partial charge in [-0.05, 0) is 26.7 Å². The van der Waals surface area contributed by atoms with Crippen molar-refractivity contribution < 1.29 is 14.7 Å². The van der Waals surface area contributed by atoms with Gasteiger partial charge in [0.15, 0.2) is 0 Å². The van der Waals surface area contributed by atoms with Crippen LogP contribution in [0.25, 0.3) is 0 Å². The molecule has 1 unspecified atom stereocenters. The van der Waals surface area contributed by atoms with Crippen LogP contribution >= 0.6 is 0 Å². The SMILES string of the molecule is CCC(CC)C(C)NC(=O)N(CC(=O)O)C(C)C. The van der Waals surface area contributed by atoms with E-state index in [0.29, 0.717) is 5.92 Å². The summed E-state index contributed by atoms with van der Waals surface area (Å²) in [6.45, 7) is 9.51. The van der Waals surface area contributed by atoms with Crippen LogP contribution in [-0.4, -0.2) is 40.6 Å². The van der Waals surface area contributed by atoms with Crippen LogP contribution in [0, 0.1) is 5.92 Å². The van der Waals surface area contributed by atoms with E-state index in [1.165, 1.54) is 4.90 Å². The van der Waals surface area contributed by atoms with Crippen molar-refractivity contribution in [3.8, 4) is 0 Å². The van der Waals surface area contributed by atoms with E-state index in [4.69, 9.17) is 5.11 Å². The van der Waals surface area contributed by atoms with Gasteiger partial charge in [-0.3, -0.25) is 4.79 Å². The van der Waals surface area contributed by atoms with Gasteiger partial charge in [0.1, 0.15) is 6.54 Å². The highest BCUT2D eigenvalue weighted by atomic mass is 16.4. The van der Waals surface area contributed by atoms with Crippen molar-refractivity contribution in [1.29, 1.82) is 0 Å². The Labute approximate surface area is 110 Å². The number of nitrogens with one attached hydrogen (secondary N) is 1. The average Bonchev–Trinajstić information content (AvgIpc) is 2.26. The third-order valence-electron chi connectivity index (χ3n) is 3.30. The van der Waals surface area contributed by atoms with Gasteiger partial charge < -0.3 is 15.3 Å². The number of aliphatic carboxylic acids is 1. The van der Waals surface area contributed by atoms with Gasteiger partial charge in [-0.25, -0.2) is 4.79 Å². The van der Waals surface area contributed by atoms with Crippen molar-refractivity contribution in [2.75, 3.05) is 6.54 Å². The third kappa shape index (κ3) is 5.38. The van der Waals surface area contributed by atoms with Gasteiger partial charge in [0.2, 0.25) is 0 Å². The third-order valence-corrected chi connectivity index (χ3v) is 3.30. The van der Waals surface area contributed by atoms with Crippen molar-refractivity contribution in [3.05, 3.63) is 0 Å². The van der Waals surface area contributed by atoms with E-state index in [0.717, 1.165) is 12.8 Å². The van der Waals surface area contributed by atoms with Gasteiger partial charge >= 0.3 is 12.0 Å². The molecule has 0 saturated heterocycles. The lowest BCUT2D eigenvalue weighted by Crippen LogP contribution is -2.50. The predicted molar refractivity (Wildman–Crippen MR) is 71.5 cm³/mol. The smallest absolute Gasteiger partial charge is 0.323 e. The second-order valence-corrected chi connectivity index (χ2v) is 4.93. The van der Waals surface area contributed by atoms with Crippen LogP contribution in [0.2, 0.25) is 0 Å². The lowest BCUT2D eigenvalue weighted by Gasteiger charge is -2.29. The molecule has 0 aromatic heterocycles. The van der Waals surface area contributed by atoms with Crippen LogP contribution < -0.4 is 5.32 Å². The molecule has 0 fully saturated rings. The number of carbonyl (C=O) groups excluding carboxylic acids is 1. The zero-order valence-corrected chi connectivity index (χ0v) is 12.1. The molecule has 0 aromatic rings. The molecule has 18 heavy (non-hydrogen) atoms. The van der Waals surface area contributed by atoms with E-state index >= 15 is 0 Å². The van der Waals surface area contributed by atoms with Crippen molar-refractivity contribution in [3.63, 3.8) is 0 Å². The van der Waals surface area contributed by atoms with E-state index in [-0.39, 0.29) is 24.7 Å². The van der Waals surface area contributed by atoms with Crippen molar-refractivity contribution in [1.82, 2.24) is 10.2 Å². The van der Waals surface area contributed by atoms with E-state index in [1.807, 2.05) is 20.8 Å². The summed E-state index contributed by atoms with van der Waals surface area (Å²) in [6.07, 6.45) is 2.00. The van der Waals surface area contributed by atoms with Crippen molar-refractivity contribution in [2.45, 2.75) is 59.5 Å². The molecule has 5 heteroatoms. The maximum absolute atomic E-state index is 12.0. The number of nitrogens with zero attached hydrogens (tertiary/aromatic N) is 1. The molecule has 0 spiro atoms. The fourth-order valence-corrected chi connectivity index (χ4v) is 2.03. The molecule has 1 atom stereocenters. The lowest BCUT2D eigenvalue weighted by molar-refractivity contribution is -0.138. The summed E-state index contributed by atoms with van der Waals surface area (Å²) in [5.41, 5.74) is 0. The van der Waals surface area contributed by atoms with E-state index in [9.17, 15) is 9.59 Å². The number of hydrogen-bond acceptors (Lipinski definition) is 2. The summed E-state index contributed by atoms with van der Waals surface area (Å²) in [4.78, 5) is 24.1. The van der Waals surface area contributed by atoms with Crippen molar-refractivity contribution in [2.24, 2.45) is 5.92 Å². The molecule has 5 nitrogen and oxygen atoms in total. The standard InChI is InChI=1S/C13H26N2O3/c1-6-11(7-2)10(5)14-13(18)15(9(3)4)8-12(16)17/h9-11H,6-8H2,1-5H3,(H,14,18)(H,16,17). The monoisotopic (exact) mass is 258 g/mol. The van der Waals surface area contributed by atoms with E-state index in [1.54, 1.807) is 0 Å². The number of carboxylic acids is 1. The molecule has 0 aliphatic rings. The second-order valence-electron chi connectivity index (χ2n) is 4.93. The Balaban J connectivity index is 4.55. The molecule has 2 amide bonds. The lowest BCUT2D eigenvalue weighted by atomic mass is 9.96. The minimum atomic E-state index is -0.992. The summed E-state index contributed by atoms with van der Waals surface area (Å²) < 4.78 is 0. The number of hydrogen-bond donors (Lipinski definition) is 2. The number of amides is 2. The Morgan fingerprint density at radius 2 is 1.67 bits per heavy atom. The maximum atomic E-state index is 12.0. The Morgan fingerprint density at radius 3 is 2.00 bits per heavy atom. The van der Waals surface area contributed by atoms with Crippen LogP contribution in [0.4, 0.5) is 4.79 Å². The molecular weight excluding hydrogens is 232 g/mol. The number of rotatable bonds is 7. The Hall–Kier alpha value is -1.26. The summed E-state index contributed by atoms with van der Waals surface area (Å²) in [7, 11) is 0. The van der Waals surface area contributed by atoms with E-state index < -0.39 is 5.97 Å². The quantitative estimate of drug-likeness (QED) is 0.736. The van der Waals surface area contributed by atoms with Crippen LogP contribution in [-0.2, 0) is 4.79 Å². The molecule has 0 heterocycles. The zero-order valence-electron chi connectivity index (χ0n) is 12.1. The predicted octanol–water partition coefficient (Wildman–Crippen LogP) is 2.32. The van der Waals surface area contributed by atoms with Gasteiger partial charge in [0, 0.05) is 12.1 Å². The molecule has 0 aliphatic carbocycles. The summed E-state index contributed by atoms with van der Waals surface area (Å²) in [5.74, 6) is -0.568. The van der Waals surface area contributed by atoms with Gasteiger partial charge in [0.05, 0.1) is 0 Å². The van der Waals surface area contributed by atoms with Crippen LogP contribution in [0.3, 0.4) is 0 Å². The summed E-state index contributed by atoms with van der Waals surface area (Å²) >= 11 is 0. The minimum absolute atomic E-state index is 0.0579. The number of carboxylic acid groups (broad SMARTS) is 1. The molecule has 0 aromatic carbocycles. The van der Waals surface area contributed by atoms with Crippen LogP contribution in [0.5, 0.6) is 0 Å². The van der Waals surface area contributed by atoms with E-state index in [2.05, 4.69) is 19.2 Å². The molecule has 0 saturated carbocycles. The summed E-state index contributed by atoms with van der Waals surface area (Å²) in [6, 6.07) is -0.371. The molecule has 0 radical (unpaired) electrons. The fraction of sp³-hybridized carbons (Fsp3) is 0.846. The zero-order chi connectivity index (χ0) is 14.3. The number of carbonyl (C=O) groups is 2. The van der Waals surface area contributed by atoms with Gasteiger partial charge in [-0.1, -0.05) is 26.7 Å². The van der Waals surface area contributed by atoms with Gasteiger partial charge in [-0.15, -0.1) is 0 Å². The van der Waals surface area contributed by atoms with Crippen LogP contribution in [0.15, 0.2) is 0 Å². The summed E-state index contributed by atoms with van der Waals surface area (Å²) in [5, 5.41) is 11.7. The minimum Gasteiger partial charge on any atom is -0.480 e. The first-order valence-electron chi connectivity index (χ1n) is 6.62. The second kappa shape index (κ2) is 7.95. The highest BCUT2D eigenvalue weighted by Crippen LogP contribution is 2.13. The highest BCUT2D eigenvalue weighted by molar-refractivity contribution is 5.80.